The first-order valence-electron chi connectivity index (χ1n) is 12.3. The lowest BCUT2D eigenvalue weighted by Crippen LogP contribution is -2.85. The molecule has 200 valence electrons. The van der Waals surface area contributed by atoms with Gasteiger partial charge in [-0.3, -0.25) is 24.3 Å². The van der Waals surface area contributed by atoms with Crippen molar-refractivity contribution in [2.75, 3.05) is 13.1 Å². The fraction of sp³-hybridized carbons (Fsp3) is 0.500. The predicted octanol–water partition coefficient (Wildman–Crippen LogP) is 1.13. The summed E-state index contributed by atoms with van der Waals surface area (Å²) in [6.07, 6.45) is 4.46. The van der Waals surface area contributed by atoms with Crippen LogP contribution in [0, 0.1) is 15.5 Å². The van der Waals surface area contributed by atoms with Gasteiger partial charge in [0.25, 0.3) is 11.2 Å². The standard InChI is InChI=1S/C21H23N3O7.C5H11N/c1-21(2)9-13(25)16(14(26)10-21)15(11-7-5-6-8-12(11)24(30)31)17-18(27)22(3)20(29)23(4)19(17)28;1-2-4-6-5-3-1/h5-8,15,25,27H,9-10H2,1-4H3;6H,1-5H2. The lowest BCUT2D eigenvalue weighted by Gasteiger charge is -2.34. The van der Waals surface area contributed by atoms with Gasteiger partial charge in [0.05, 0.1) is 23.9 Å². The average molecular weight is 515 g/mol. The summed E-state index contributed by atoms with van der Waals surface area (Å²) in [6.45, 7) is 6.31. The molecule has 1 aliphatic carbocycles. The molecule has 2 aromatic rings. The highest BCUT2D eigenvalue weighted by molar-refractivity contribution is 5.99. The number of nitro benzene ring substituents is 1. The summed E-state index contributed by atoms with van der Waals surface area (Å²) >= 11 is 0. The Morgan fingerprint density at radius 3 is 2.16 bits per heavy atom. The van der Waals surface area contributed by atoms with E-state index >= 15 is 0 Å². The van der Waals surface area contributed by atoms with E-state index in [1.54, 1.807) is 13.8 Å². The third kappa shape index (κ3) is 5.82. The van der Waals surface area contributed by atoms with E-state index in [0.717, 1.165) is 0 Å². The second-order valence-corrected chi connectivity index (χ2v) is 10.4. The summed E-state index contributed by atoms with van der Waals surface area (Å²) in [5, 5.41) is 37.9. The largest absolute Gasteiger partial charge is 0.860 e. The summed E-state index contributed by atoms with van der Waals surface area (Å²) in [5.41, 5.74) is -3.65. The first kappa shape index (κ1) is 27.9. The van der Waals surface area contributed by atoms with Crippen molar-refractivity contribution in [3.05, 3.63) is 77.7 Å². The van der Waals surface area contributed by atoms with Crippen LogP contribution in [0.4, 0.5) is 5.69 Å². The average Bonchev–Trinajstić information content (AvgIpc) is 2.85. The lowest BCUT2D eigenvalue weighted by atomic mass is 9.71. The fourth-order valence-electron chi connectivity index (χ4n) is 4.98. The minimum Gasteiger partial charge on any atom is -0.860 e. The first-order chi connectivity index (χ1) is 17.4. The lowest BCUT2D eigenvalue weighted by molar-refractivity contribution is -0.662. The molecule has 3 N–H and O–H groups in total. The van der Waals surface area contributed by atoms with Crippen LogP contribution >= 0.6 is 0 Å². The third-order valence-corrected chi connectivity index (χ3v) is 6.88. The van der Waals surface area contributed by atoms with Crippen molar-refractivity contribution in [3.63, 3.8) is 0 Å². The number of allylic oxidation sites excluding steroid dienone is 2. The maximum atomic E-state index is 13.1. The van der Waals surface area contributed by atoms with Gasteiger partial charge in [0.15, 0.2) is 5.78 Å². The monoisotopic (exact) mass is 514 g/mol. The Kier molecular flexibility index (Phi) is 8.37. The normalized spacial score (nSPS) is 18.1. The topological polar surface area (TPSA) is 164 Å². The molecule has 1 aliphatic heterocycles. The number of nitrogens with zero attached hydrogens (tertiary/aromatic N) is 3. The summed E-state index contributed by atoms with van der Waals surface area (Å²) in [7, 11) is 2.34. The molecule has 0 saturated carbocycles. The van der Waals surface area contributed by atoms with E-state index in [1.165, 1.54) is 70.7 Å². The number of Topliss-reactive ketones (excluding diaryl/α,β-unsaturated/α-hetero) is 1. The number of hydrogen-bond donors (Lipinski definition) is 2. The van der Waals surface area contributed by atoms with E-state index in [2.05, 4.69) is 5.32 Å². The molecule has 11 heteroatoms. The van der Waals surface area contributed by atoms with Crippen molar-refractivity contribution in [3.8, 4) is 5.88 Å². The third-order valence-electron chi connectivity index (χ3n) is 6.88. The van der Waals surface area contributed by atoms with E-state index in [0.29, 0.717) is 9.13 Å². The molecule has 2 aliphatic rings. The number of carbonyl (C=O) groups excluding carboxylic acids is 1. The highest BCUT2D eigenvalue weighted by atomic mass is 16.6. The van der Waals surface area contributed by atoms with Crippen LogP contribution in [0.25, 0.3) is 0 Å². The summed E-state index contributed by atoms with van der Waals surface area (Å²) in [5.74, 6) is -3.33. The molecule has 1 saturated heterocycles. The number of carbonyl (C=O) groups is 1. The molecular weight excluding hydrogens is 480 g/mol. The molecule has 0 spiro atoms. The molecule has 1 aromatic carbocycles. The molecule has 1 unspecified atom stereocenters. The van der Waals surface area contributed by atoms with Crippen molar-refractivity contribution in [1.82, 2.24) is 9.13 Å². The van der Waals surface area contributed by atoms with Gasteiger partial charge < -0.3 is 20.1 Å². The zero-order valence-corrected chi connectivity index (χ0v) is 21.7. The molecule has 2 heterocycles. The number of aliphatic hydroxyl groups excluding tert-OH is 1. The fourth-order valence-corrected chi connectivity index (χ4v) is 4.98. The number of ketones is 1. The number of para-hydroxylation sites is 1. The number of benzene rings is 1. The second-order valence-electron chi connectivity index (χ2n) is 10.4. The van der Waals surface area contributed by atoms with E-state index in [1.807, 2.05) is 0 Å². The number of piperidine rings is 1. The van der Waals surface area contributed by atoms with Crippen LogP contribution in [0.5, 0.6) is 5.88 Å². The number of quaternary nitrogens is 1. The number of hydrogen-bond acceptors (Lipinski definition) is 7. The predicted molar refractivity (Wildman–Crippen MR) is 134 cm³/mol. The quantitative estimate of drug-likeness (QED) is 0.456. The van der Waals surface area contributed by atoms with Gasteiger partial charge in [-0.15, -0.1) is 0 Å². The molecule has 0 bridgehead atoms. The Balaban J connectivity index is 0.000000555. The number of nitrogens with two attached hydrogens (primary N) is 1. The summed E-state index contributed by atoms with van der Waals surface area (Å²) in [6, 6.07) is 5.41. The van der Waals surface area contributed by atoms with Gasteiger partial charge in [-0.25, -0.2) is 4.79 Å². The van der Waals surface area contributed by atoms with Gasteiger partial charge in [-0.2, -0.15) is 0 Å². The zero-order valence-electron chi connectivity index (χ0n) is 21.7. The van der Waals surface area contributed by atoms with Crippen LogP contribution in [-0.2, 0) is 18.9 Å². The Morgan fingerprint density at radius 2 is 1.65 bits per heavy atom. The van der Waals surface area contributed by atoms with Crippen LogP contribution in [0.15, 0.2) is 45.2 Å². The van der Waals surface area contributed by atoms with Crippen LogP contribution in [0.2, 0.25) is 0 Å². The van der Waals surface area contributed by atoms with E-state index < -0.39 is 50.4 Å². The maximum absolute atomic E-state index is 13.1. The van der Waals surface area contributed by atoms with E-state index in [-0.39, 0.29) is 29.7 Å². The minimum absolute atomic E-state index is 0.0177. The number of rotatable bonds is 4. The number of aliphatic hydroxyl groups is 1. The molecule has 1 aromatic heterocycles. The zero-order chi connectivity index (χ0) is 27.5. The van der Waals surface area contributed by atoms with Crippen molar-refractivity contribution in [2.45, 2.75) is 51.9 Å². The van der Waals surface area contributed by atoms with Gasteiger partial charge in [0.2, 0.25) is 0 Å². The van der Waals surface area contributed by atoms with E-state index in [4.69, 9.17) is 0 Å². The smallest absolute Gasteiger partial charge is 0.329 e. The molecule has 0 radical (unpaired) electrons. The molecule has 11 nitrogen and oxygen atoms in total. The summed E-state index contributed by atoms with van der Waals surface area (Å²) in [4.78, 5) is 49.3. The highest BCUT2D eigenvalue weighted by Crippen LogP contribution is 2.45. The van der Waals surface area contributed by atoms with E-state index in [9.17, 15) is 34.7 Å². The maximum Gasteiger partial charge on any atom is 0.329 e. The van der Waals surface area contributed by atoms with Gasteiger partial charge >= 0.3 is 5.69 Å². The van der Waals surface area contributed by atoms with Crippen LogP contribution in [0.3, 0.4) is 0 Å². The SMILES string of the molecule is C1CC[NH2+]CC1.Cn1c([O-])c(C(C2=C(O)CC(C)(C)CC2=O)c2ccccc2[N+](=O)[O-])c(=O)n(C)c1=O. The number of nitro groups is 1. The van der Waals surface area contributed by atoms with Crippen LogP contribution < -0.4 is 21.7 Å². The highest BCUT2D eigenvalue weighted by Gasteiger charge is 2.41. The molecule has 1 atom stereocenters. The molecule has 0 amide bonds. The van der Waals surface area contributed by atoms with Crippen molar-refractivity contribution in [2.24, 2.45) is 19.5 Å². The molecule has 4 rings (SSSR count). The van der Waals surface area contributed by atoms with Gasteiger partial charge in [0, 0.05) is 49.7 Å². The second kappa shape index (κ2) is 11.1. The summed E-state index contributed by atoms with van der Waals surface area (Å²) < 4.78 is 1.40. The van der Waals surface area contributed by atoms with Crippen molar-refractivity contribution < 1.29 is 25.2 Å². The van der Waals surface area contributed by atoms with Crippen molar-refractivity contribution >= 4 is 11.5 Å². The first-order valence-corrected chi connectivity index (χ1v) is 12.3. The Labute approximate surface area is 214 Å². The van der Waals surface area contributed by atoms with Gasteiger partial charge in [-0.1, -0.05) is 32.0 Å². The van der Waals surface area contributed by atoms with Crippen LogP contribution in [-0.4, -0.2) is 38.0 Å². The Bertz CT molecular complexity index is 1340. The molecule has 37 heavy (non-hydrogen) atoms. The molecule has 1 fully saturated rings. The molecular formula is C26H34N4O7. The van der Waals surface area contributed by atoms with Crippen LogP contribution in [0.1, 0.15) is 63.0 Å². The van der Waals surface area contributed by atoms with Crippen molar-refractivity contribution in [1.29, 1.82) is 0 Å². The Morgan fingerprint density at radius 1 is 1.03 bits per heavy atom. The van der Waals surface area contributed by atoms with Gasteiger partial charge in [-0.05, 0) is 30.6 Å². The number of aromatic nitrogens is 2. The minimum atomic E-state index is -1.50. The van der Waals surface area contributed by atoms with Gasteiger partial charge in [0.1, 0.15) is 5.76 Å². The Hall–Kier alpha value is -3.73.